The van der Waals surface area contributed by atoms with Gasteiger partial charge < -0.3 is 99.2 Å². The molecule has 3 aromatic rings. The first-order valence-corrected chi connectivity index (χ1v) is 54.9. The first kappa shape index (κ1) is 105. The highest BCUT2D eigenvalue weighted by molar-refractivity contribution is 7.73. The number of methoxy groups -OCH3 is 1. The number of Topliss-reactive ketones (excluding diaryl/α,β-unsaturated/α-hetero) is 3. The van der Waals surface area contributed by atoms with Crippen LogP contribution in [0.3, 0.4) is 0 Å². The van der Waals surface area contributed by atoms with Crippen molar-refractivity contribution in [1.82, 2.24) is 48.7 Å². The molecule has 0 radical (unpaired) electrons. The number of carbonyl (C=O) groups excluding carboxylic acids is 6. The fraction of sp³-hybridized carbons (Fsp3) is 0.613. The van der Waals surface area contributed by atoms with Crippen molar-refractivity contribution in [2.45, 2.75) is 189 Å². The highest BCUT2D eigenvalue weighted by Crippen LogP contribution is 2.44. The molecule has 690 valence electrons. The van der Waals surface area contributed by atoms with Crippen molar-refractivity contribution < 1.29 is 108 Å². The fourth-order valence-corrected chi connectivity index (χ4v) is 18.4. The number of aliphatic hydroxyl groups is 8. The molecule has 0 aromatic carbocycles. The van der Waals surface area contributed by atoms with E-state index in [-0.39, 0.29) is 29.0 Å². The molecule has 43 heteroatoms. The Morgan fingerprint density at radius 1 is 0.504 bits per heavy atom. The Bertz CT molecular complexity index is 5040. The summed E-state index contributed by atoms with van der Waals surface area (Å²) in [4.78, 5) is 148. The highest BCUT2D eigenvalue weighted by Gasteiger charge is 2.51. The quantitative estimate of drug-likeness (QED) is 0.0183. The number of ether oxygens (including phenoxy) is 8. The second-order valence-electron chi connectivity index (χ2n) is 34.7. The summed E-state index contributed by atoms with van der Waals surface area (Å²) in [6, 6.07) is 1.29. The van der Waals surface area contributed by atoms with E-state index in [0.717, 1.165) is 64.1 Å². The molecule has 7 aliphatic rings. The summed E-state index contributed by atoms with van der Waals surface area (Å²) in [6.07, 6.45) is 17.9. The van der Waals surface area contributed by atoms with E-state index in [2.05, 4.69) is 100 Å². The normalized spacial score (nSPS) is 28.3. The maximum absolute atomic E-state index is 12.3. The van der Waals surface area contributed by atoms with Crippen LogP contribution in [-0.2, 0) is 64.1 Å². The van der Waals surface area contributed by atoms with E-state index in [1.807, 2.05) is 43.6 Å². The number of hydrogen-bond donors (Lipinski definition) is 12. The predicted octanol–water partition coefficient (Wildman–Crippen LogP) is -0.330. The van der Waals surface area contributed by atoms with Crippen LogP contribution in [0.1, 0.15) is 106 Å². The largest absolute Gasteiger partial charge is 0.457 e. The van der Waals surface area contributed by atoms with Crippen LogP contribution in [0.25, 0.3) is 0 Å². The molecule has 0 unspecified atom stereocenters. The standard InChI is InChI=1S/C17H25N2O8P.C17H25N2O7P.C16H27N2O4P.C15H25N2O5P.C15H25N2O4P/c1-9(20)26-8-11(21)10-7-19(17(25)18-15(10)24)16-14(23)13(22)12(27-16)5-6-28(2,3)4;1-9(20)7-11(21)10-8-19(17(25)18-15(10)24)16-14(23)13(22)12(26-16)5-6-27(2,3)4;1-6-21-15-14(20)12(8-10-23(3,4)5)22-16(15)18-9-7-13(19)17-11(18)2;1-16-11(18)6-8-17(15(16)20)14-13(21-2)12(19)10(22-14)7-9-23(3,4)5;1-9-8-17(10(2)16-14(9)20)15-13(19)12(18)11(21-15)6-7-22(3,4)5/h7,12-14,16,22-23H,2,5-6,8H2,1,3-4H3,(H,18,24,25);8,12-14,16,22-23H,2,5-7H2,1,3-4H3,(H,18,24,25);7,9,12,14-16,20H,2-3,6,8,10H2,1,4-5H3,(H,17,19);6,8,10,12-14,19H,3,7,9H2,1-2,4-5H3;8,11-13,15,18-19H,2-3,6-7H2,1,4-5H3,(H,16,20)/t2*12-,13-,14-,16-;12-,14-,15-,16-;10-,12-,13-,14-;11-,12-,13-,15-/m11111/s1. The summed E-state index contributed by atoms with van der Waals surface area (Å²) in [5.74, 6) is -2.39. The molecule has 7 aliphatic heterocycles. The molecule has 123 heavy (non-hydrogen) atoms. The van der Waals surface area contributed by atoms with Gasteiger partial charge in [0, 0.05) is 76.4 Å². The van der Waals surface area contributed by atoms with Crippen LogP contribution in [0.5, 0.6) is 0 Å². The Morgan fingerprint density at radius 2 is 0.886 bits per heavy atom. The molecule has 10 heterocycles. The van der Waals surface area contributed by atoms with Crippen LogP contribution in [0.15, 0.2) is 102 Å². The lowest BCUT2D eigenvalue weighted by Crippen LogP contribution is -2.47. The van der Waals surface area contributed by atoms with Crippen molar-refractivity contribution >= 4 is 101 Å². The molecule has 20 atom stereocenters. The van der Waals surface area contributed by atoms with Crippen LogP contribution in [0, 0.1) is 0 Å². The van der Waals surface area contributed by atoms with E-state index in [1.54, 1.807) is 29.1 Å². The third-order valence-electron chi connectivity index (χ3n) is 20.5. The molecule has 38 nitrogen and oxygen atoms in total. The summed E-state index contributed by atoms with van der Waals surface area (Å²) in [5, 5.41) is 87.9. The second-order valence-corrected chi connectivity index (χ2v) is 56.3. The van der Waals surface area contributed by atoms with E-state index in [9.17, 15) is 98.4 Å². The van der Waals surface area contributed by atoms with E-state index in [0.29, 0.717) is 55.7 Å². The highest BCUT2D eigenvalue weighted by atomic mass is 31.2. The van der Waals surface area contributed by atoms with Gasteiger partial charge in [-0.2, -0.15) is 0 Å². The van der Waals surface area contributed by atoms with Crippen molar-refractivity contribution in [1.29, 1.82) is 0 Å². The summed E-state index contributed by atoms with van der Waals surface area (Å²) >= 11 is 0. The summed E-state index contributed by atoms with van der Waals surface area (Å²) in [6.45, 7) is 27.8. The molecule has 2 amide bonds. The van der Waals surface area contributed by atoms with E-state index in [4.69, 9.17) is 33.2 Å². The van der Waals surface area contributed by atoms with Gasteiger partial charge in [-0.25, -0.2) is 14.4 Å². The average Bonchev–Trinajstić information content (AvgIpc) is 1.67. The van der Waals surface area contributed by atoms with E-state index < -0.39 is 221 Å². The Hall–Kier alpha value is -7.08. The summed E-state index contributed by atoms with van der Waals surface area (Å²) in [5.41, 5.74) is -4.88. The number of nitrogens with zero attached hydrogens (tertiary/aromatic N) is 6. The first-order valence-electron chi connectivity index (χ1n) is 39.6. The molecule has 12 N–H and O–H groups in total. The van der Waals surface area contributed by atoms with Gasteiger partial charge in [-0.15, -0.1) is 65.9 Å². The minimum Gasteiger partial charge on any atom is -0.457 e. The van der Waals surface area contributed by atoms with Crippen molar-refractivity contribution in [2.75, 3.05) is 118 Å². The molecule has 0 aliphatic carbocycles. The third kappa shape index (κ3) is 29.5. The Kier molecular flexibility index (Phi) is 37.5. The zero-order valence-electron chi connectivity index (χ0n) is 72.9. The molecule has 3 aromatic heterocycles. The number of aromatic nitrogens is 6. The molecule has 5 saturated heterocycles. The van der Waals surface area contributed by atoms with E-state index in [1.165, 1.54) is 44.0 Å². The topological polar surface area (TPSA) is 522 Å². The van der Waals surface area contributed by atoms with Crippen LogP contribution in [0.2, 0.25) is 0 Å². The van der Waals surface area contributed by atoms with Crippen LogP contribution in [0.4, 0.5) is 0 Å². The Morgan fingerprint density at radius 3 is 1.28 bits per heavy atom. The Balaban J connectivity index is 0.000000239. The van der Waals surface area contributed by atoms with Gasteiger partial charge >= 0.3 is 23.0 Å². The van der Waals surface area contributed by atoms with Gasteiger partial charge in [0.1, 0.15) is 84.0 Å². The predicted molar refractivity (Wildman–Crippen MR) is 481 cm³/mol. The Labute approximate surface area is 714 Å². The monoisotopic (exact) mass is 1830 g/mol. The summed E-state index contributed by atoms with van der Waals surface area (Å²) < 4.78 is 48.7. The number of amides is 2. The van der Waals surface area contributed by atoms with Crippen molar-refractivity contribution in [3.63, 3.8) is 0 Å². The smallest absolute Gasteiger partial charge is 0.332 e. The van der Waals surface area contributed by atoms with Gasteiger partial charge in [-0.3, -0.25) is 71.4 Å². The number of aliphatic hydroxyl groups excluding tert-OH is 8. The van der Waals surface area contributed by atoms with Gasteiger partial charge in [-0.1, -0.05) is 13.2 Å². The number of aromatic amines is 2. The summed E-state index contributed by atoms with van der Waals surface area (Å²) in [7, 11) is 2.87. The lowest BCUT2D eigenvalue weighted by Gasteiger charge is -2.34. The minimum absolute atomic E-state index is 0.224. The van der Waals surface area contributed by atoms with Crippen LogP contribution < -0.4 is 44.4 Å². The van der Waals surface area contributed by atoms with Gasteiger partial charge in [0.25, 0.3) is 28.5 Å². The number of ketones is 3. The zero-order valence-corrected chi connectivity index (χ0v) is 77.4. The third-order valence-corrected chi connectivity index (χ3v) is 27.9. The van der Waals surface area contributed by atoms with Gasteiger partial charge in [0.05, 0.1) is 42.5 Å². The number of carbonyl (C=O) groups is 6. The van der Waals surface area contributed by atoms with Crippen molar-refractivity contribution in [3.05, 3.63) is 147 Å². The number of esters is 1. The zero-order chi connectivity index (χ0) is 93.0. The number of hydrogen-bond acceptors (Lipinski definition) is 30. The molecule has 0 saturated carbocycles. The second kappa shape index (κ2) is 44.1. The minimum atomic E-state index is -1.43. The van der Waals surface area contributed by atoms with Gasteiger partial charge in [0.15, 0.2) is 43.5 Å². The molecule has 0 spiro atoms. The van der Waals surface area contributed by atoms with Crippen molar-refractivity contribution in [2.24, 2.45) is 7.05 Å². The SMILES string of the molecule is C=C1NC(=O)C(C)=CN1[C@@H]1O[C@H](CCP(=C)(C)C)[C@@H](O)[C@H]1O.C=C1NC(=O)C=CN1[C@@H]1O[C@H](CCP(=C)(C)C)[C@@H](O)[C@H]1OCC.C=P(C)(C)CC[C@H]1O[C@@H](n2cc(C(=O)CC(C)=O)c(=O)[nH]c2=O)[C@H](O)[C@@H]1O.C=P(C)(C)CC[C@H]1O[C@@H](n2cc(C(=O)COC(C)=O)c(=O)[nH]c2=O)[C@H](O)[C@@H]1O.C=P(C)(C)CC[C@H]1O[C@@H](n2ccc(=O)n(C)c2=O)[C@H](OC)[C@@H]1O. The van der Waals surface area contributed by atoms with Crippen molar-refractivity contribution in [3.8, 4) is 0 Å². The van der Waals surface area contributed by atoms with E-state index >= 15 is 0 Å². The molecular weight excluding hydrogens is 1700 g/mol. The van der Waals surface area contributed by atoms with Gasteiger partial charge in [-0.05, 0) is 150 Å². The maximum atomic E-state index is 12.3. The molecule has 10 rings (SSSR count). The van der Waals surface area contributed by atoms with Gasteiger partial charge in [0.2, 0.25) is 5.78 Å². The molecule has 5 fully saturated rings. The average molecular weight is 1830 g/mol. The molecular formula is C80H127N10O28P5. The molecule has 0 bridgehead atoms. The lowest BCUT2D eigenvalue weighted by atomic mass is 10.1. The van der Waals surface area contributed by atoms with Crippen LogP contribution >= 0.6 is 34.4 Å². The number of H-pyrrole nitrogens is 2. The first-order chi connectivity index (χ1) is 56.8. The lowest BCUT2D eigenvalue weighted by molar-refractivity contribution is -0.139. The number of nitrogens with one attached hydrogen (secondary N) is 4. The number of rotatable bonds is 29. The fourth-order valence-electron chi connectivity index (χ4n) is 13.6. The maximum Gasteiger partial charge on any atom is 0.332 e. The van der Waals surface area contributed by atoms with Crippen LogP contribution in [-0.4, -0.2) is 367 Å².